The molecule has 1 aromatic heterocycles. The smallest absolute Gasteiger partial charge is 0.409 e. The van der Waals surface area contributed by atoms with Crippen LogP contribution in [0.1, 0.15) is 38.3 Å². The Balaban J connectivity index is 1.53. The van der Waals surface area contributed by atoms with Crippen LogP contribution in [0.4, 0.5) is 16.6 Å². The van der Waals surface area contributed by atoms with E-state index < -0.39 is 0 Å². The minimum absolute atomic E-state index is 0.209. The summed E-state index contributed by atoms with van der Waals surface area (Å²) in [6, 6.07) is 2.83. The van der Waals surface area contributed by atoms with E-state index in [9.17, 15) is 4.79 Å². The van der Waals surface area contributed by atoms with Crippen molar-refractivity contribution in [3.63, 3.8) is 0 Å². The number of rotatable bonds is 5. The molecule has 0 aromatic carbocycles. The molecule has 1 amide bonds. The van der Waals surface area contributed by atoms with Crippen LogP contribution in [0.3, 0.4) is 0 Å². The summed E-state index contributed by atoms with van der Waals surface area (Å²) in [5.41, 5.74) is 0.953. The van der Waals surface area contributed by atoms with E-state index in [1.807, 2.05) is 19.9 Å². The van der Waals surface area contributed by atoms with Crippen LogP contribution in [0.15, 0.2) is 6.07 Å². The lowest BCUT2D eigenvalue weighted by molar-refractivity contribution is 0.0983. The van der Waals surface area contributed by atoms with E-state index in [4.69, 9.17) is 4.74 Å². The van der Waals surface area contributed by atoms with Gasteiger partial charge in [0.05, 0.1) is 6.61 Å². The van der Waals surface area contributed by atoms with E-state index in [2.05, 4.69) is 20.6 Å². The topological polar surface area (TPSA) is 79.4 Å². The van der Waals surface area contributed by atoms with Crippen molar-refractivity contribution in [3.05, 3.63) is 11.8 Å². The third-order valence-corrected chi connectivity index (χ3v) is 4.14. The fourth-order valence-electron chi connectivity index (χ4n) is 2.75. The molecule has 0 unspecified atom stereocenters. The molecule has 2 heterocycles. The summed E-state index contributed by atoms with van der Waals surface area (Å²) >= 11 is 0. The molecular formula is C16H25N5O2. The number of nitrogens with one attached hydrogen (secondary N) is 2. The normalized spacial score (nSPS) is 18.6. The SMILES string of the molecule is CCOC(=O)N1CCC(Nc2cc(C)nc(NC3CC3)n2)CC1. The van der Waals surface area contributed by atoms with Crippen molar-refractivity contribution in [2.24, 2.45) is 0 Å². The van der Waals surface area contributed by atoms with Gasteiger partial charge in [-0.2, -0.15) is 4.98 Å². The van der Waals surface area contributed by atoms with Crippen LogP contribution in [0.2, 0.25) is 0 Å². The number of aryl methyl sites for hydroxylation is 1. The van der Waals surface area contributed by atoms with Crippen molar-refractivity contribution in [3.8, 4) is 0 Å². The van der Waals surface area contributed by atoms with Gasteiger partial charge in [0.15, 0.2) is 0 Å². The van der Waals surface area contributed by atoms with Crippen molar-refractivity contribution >= 4 is 17.9 Å². The number of aromatic nitrogens is 2. The third-order valence-electron chi connectivity index (χ3n) is 4.14. The lowest BCUT2D eigenvalue weighted by Gasteiger charge is -2.31. The first-order valence-corrected chi connectivity index (χ1v) is 8.44. The molecule has 0 radical (unpaired) electrons. The van der Waals surface area contributed by atoms with Gasteiger partial charge in [-0.3, -0.25) is 0 Å². The van der Waals surface area contributed by atoms with Gasteiger partial charge in [0.2, 0.25) is 5.95 Å². The first-order chi connectivity index (χ1) is 11.1. The van der Waals surface area contributed by atoms with Crippen LogP contribution in [0.25, 0.3) is 0 Å². The number of carbonyl (C=O) groups is 1. The van der Waals surface area contributed by atoms with Gasteiger partial charge < -0.3 is 20.3 Å². The van der Waals surface area contributed by atoms with Crippen molar-refractivity contribution in [2.45, 2.75) is 51.6 Å². The Bertz CT molecular complexity index is 553. The van der Waals surface area contributed by atoms with Gasteiger partial charge in [-0.15, -0.1) is 0 Å². The molecule has 23 heavy (non-hydrogen) atoms. The van der Waals surface area contributed by atoms with Crippen LogP contribution in [0, 0.1) is 6.92 Å². The van der Waals surface area contributed by atoms with Gasteiger partial charge in [-0.25, -0.2) is 9.78 Å². The number of nitrogens with zero attached hydrogens (tertiary/aromatic N) is 3. The largest absolute Gasteiger partial charge is 0.450 e. The predicted octanol–water partition coefficient (Wildman–Crippen LogP) is 2.39. The number of likely N-dealkylation sites (tertiary alicyclic amines) is 1. The van der Waals surface area contributed by atoms with Crippen molar-refractivity contribution < 1.29 is 9.53 Å². The van der Waals surface area contributed by atoms with Crippen molar-refractivity contribution in [1.82, 2.24) is 14.9 Å². The number of ether oxygens (including phenoxy) is 1. The maximum absolute atomic E-state index is 11.7. The highest BCUT2D eigenvalue weighted by molar-refractivity contribution is 5.67. The number of carbonyl (C=O) groups excluding carboxylic acids is 1. The van der Waals surface area contributed by atoms with Gasteiger partial charge in [-0.1, -0.05) is 0 Å². The van der Waals surface area contributed by atoms with Gasteiger partial charge in [0.25, 0.3) is 0 Å². The molecule has 0 bridgehead atoms. The molecule has 1 aromatic rings. The number of anilines is 2. The molecule has 3 rings (SSSR count). The Morgan fingerprint density at radius 1 is 1.22 bits per heavy atom. The molecule has 2 N–H and O–H groups in total. The summed E-state index contributed by atoms with van der Waals surface area (Å²) < 4.78 is 5.05. The molecule has 1 aliphatic carbocycles. The molecule has 1 saturated heterocycles. The predicted molar refractivity (Wildman–Crippen MR) is 88.7 cm³/mol. The monoisotopic (exact) mass is 319 g/mol. The maximum Gasteiger partial charge on any atom is 0.409 e. The van der Waals surface area contributed by atoms with Crippen LogP contribution in [-0.2, 0) is 4.74 Å². The average molecular weight is 319 g/mol. The van der Waals surface area contributed by atoms with Crippen LogP contribution in [-0.4, -0.2) is 52.7 Å². The second kappa shape index (κ2) is 7.02. The summed E-state index contributed by atoms with van der Waals surface area (Å²) in [6.07, 6.45) is 3.99. The number of hydrogen-bond donors (Lipinski definition) is 2. The van der Waals surface area contributed by atoms with Crippen LogP contribution in [0.5, 0.6) is 0 Å². The summed E-state index contributed by atoms with van der Waals surface area (Å²) in [5, 5.41) is 6.82. The summed E-state index contributed by atoms with van der Waals surface area (Å²) in [4.78, 5) is 22.5. The van der Waals surface area contributed by atoms with E-state index in [1.165, 1.54) is 12.8 Å². The highest BCUT2D eigenvalue weighted by atomic mass is 16.6. The molecule has 1 aliphatic heterocycles. The summed E-state index contributed by atoms with van der Waals surface area (Å²) in [6.45, 7) is 5.67. The molecule has 7 nitrogen and oxygen atoms in total. The second-order valence-corrected chi connectivity index (χ2v) is 6.24. The third kappa shape index (κ3) is 4.46. The molecule has 1 saturated carbocycles. The van der Waals surface area contributed by atoms with E-state index in [-0.39, 0.29) is 6.09 Å². The van der Waals surface area contributed by atoms with E-state index in [0.29, 0.717) is 37.7 Å². The zero-order valence-electron chi connectivity index (χ0n) is 13.8. The number of hydrogen-bond acceptors (Lipinski definition) is 6. The minimum Gasteiger partial charge on any atom is -0.450 e. The molecular weight excluding hydrogens is 294 g/mol. The zero-order valence-corrected chi connectivity index (χ0v) is 13.8. The second-order valence-electron chi connectivity index (χ2n) is 6.24. The molecule has 2 fully saturated rings. The Morgan fingerprint density at radius 3 is 2.57 bits per heavy atom. The van der Waals surface area contributed by atoms with Crippen molar-refractivity contribution in [2.75, 3.05) is 30.3 Å². The number of amides is 1. The maximum atomic E-state index is 11.7. The average Bonchev–Trinajstić information content (AvgIpc) is 3.31. The van der Waals surface area contributed by atoms with E-state index >= 15 is 0 Å². The zero-order chi connectivity index (χ0) is 16.2. The molecule has 0 spiro atoms. The Kier molecular flexibility index (Phi) is 4.83. The summed E-state index contributed by atoms with van der Waals surface area (Å²) in [7, 11) is 0. The summed E-state index contributed by atoms with van der Waals surface area (Å²) in [5.74, 6) is 1.56. The fraction of sp³-hybridized carbons (Fsp3) is 0.688. The molecule has 2 aliphatic rings. The van der Waals surface area contributed by atoms with Crippen molar-refractivity contribution in [1.29, 1.82) is 0 Å². The Labute approximate surface area is 136 Å². The van der Waals surface area contributed by atoms with Gasteiger partial charge in [0, 0.05) is 36.9 Å². The lowest BCUT2D eigenvalue weighted by Crippen LogP contribution is -2.42. The van der Waals surface area contributed by atoms with Gasteiger partial charge in [-0.05, 0) is 39.5 Å². The lowest BCUT2D eigenvalue weighted by atomic mass is 10.1. The standard InChI is InChI=1S/C16H25N5O2/c1-3-23-16(22)21-8-6-13(7-9-21)18-14-10-11(2)17-15(20-14)19-12-4-5-12/h10,12-13H,3-9H2,1-2H3,(H2,17,18,19,20). The van der Waals surface area contributed by atoms with E-state index in [0.717, 1.165) is 24.4 Å². The van der Waals surface area contributed by atoms with Gasteiger partial charge in [0.1, 0.15) is 5.82 Å². The first kappa shape index (κ1) is 15.8. The quantitative estimate of drug-likeness (QED) is 0.867. The highest BCUT2D eigenvalue weighted by Crippen LogP contribution is 2.24. The Hall–Kier alpha value is -2.05. The highest BCUT2D eigenvalue weighted by Gasteiger charge is 2.25. The van der Waals surface area contributed by atoms with Gasteiger partial charge >= 0.3 is 6.09 Å². The van der Waals surface area contributed by atoms with Crippen LogP contribution >= 0.6 is 0 Å². The van der Waals surface area contributed by atoms with Crippen LogP contribution < -0.4 is 10.6 Å². The Morgan fingerprint density at radius 2 is 1.91 bits per heavy atom. The minimum atomic E-state index is -0.209. The van der Waals surface area contributed by atoms with E-state index in [1.54, 1.807) is 4.90 Å². The fourth-order valence-corrected chi connectivity index (χ4v) is 2.75. The first-order valence-electron chi connectivity index (χ1n) is 8.44. The molecule has 7 heteroatoms. The molecule has 0 atom stereocenters. The number of piperidine rings is 1. The molecule has 126 valence electrons.